The molecule has 1 atom stereocenters. The van der Waals surface area contributed by atoms with Crippen molar-refractivity contribution in [1.82, 2.24) is 5.32 Å². The molecule has 1 unspecified atom stereocenters. The van der Waals surface area contributed by atoms with Gasteiger partial charge in [0.1, 0.15) is 0 Å². The van der Waals surface area contributed by atoms with Crippen molar-refractivity contribution in [2.75, 3.05) is 27.0 Å². The van der Waals surface area contributed by atoms with E-state index in [2.05, 4.69) is 12.2 Å². The zero-order valence-corrected chi connectivity index (χ0v) is 11.2. The van der Waals surface area contributed by atoms with Crippen LogP contribution in [0.15, 0.2) is 0 Å². The Kier molecular flexibility index (Phi) is 9.33. The van der Waals surface area contributed by atoms with E-state index in [1.165, 1.54) is 12.8 Å². The van der Waals surface area contributed by atoms with Gasteiger partial charge < -0.3 is 14.0 Å². The van der Waals surface area contributed by atoms with Crippen molar-refractivity contribution in [3.05, 3.63) is 0 Å². The van der Waals surface area contributed by atoms with Gasteiger partial charge in [0.15, 0.2) is 0 Å². The highest BCUT2D eigenvalue weighted by atomic mass is 28.4. The first-order chi connectivity index (χ1) is 7.18. The molecule has 0 aliphatic carbocycles. The Morgan fingerprint density at radius 1 is 1.33 bits per heavy atom. The fraction of sp³-hybridized carbons (Fsp3) is 1.00. The van der Waals surface area contributed by atoms with Crippen LogP contribution in [0, 0.1) is 0 Å². The first-order valence-corrected chi connectivity index (χ1v) is 8.21. The molecule has 0 bridgehead atoms. The average molecular weight is 235 g/mol. The highest BCUT2D eigenvalue weighted by Crippen LogP contribution is 2.13. The second-order valence-electron chi connectivity index (χ2n) is 3.81. The summed E-state index contributed by atoms with van der Waals surface area (Å²) in [7, 11) is -0.337. The van der Waals surface area contributed by atoms with E-state index >= 15 is 0 Å². The molecular weight excluding hydrogens is 210 g/mol. The minimum Gasteiger partial charge on any atom is -0.398 e. The minimum absolute atomic E-state index is 0.207. The van der Waals surface area contributed by atoms with Gasteiger partial charge in [0.25, 0.3) is 0 Å². The van der Waals surface area contributed by atoms with Gasteiger partial charge in [-0.1, -0.05) is 13.3 Å². The van der Waals surface area contributed by atoms with Crippen LogP contribution < -0.4 is 5.32 Å². The second-order valence-corrected chi connectivity index (χ2v) is 7.27. The van der Waals surface area contributed by atoms with E-state index in [-0.39, 0.29) is 6.61 Å². The molecule has 0 fully saturated rings. The van der Waals surface area contributed by atoms with E-state index in [0.29, 0.717) is 6.73 Å². The molecule has 0 saturated carbocycles. The van der Waals surface area contributed by atoms with Gasteiger partial charge in [0.2, 0.25) is 0 Å². The normalized spacial score (nSPS) is 15.2. The van der Waals surface area contributed by atoms with Gasteiger partial charge in [-0.15, -0.1) is 0 Å². The predicted octanol–water partition coefficient (Wildman–Crippen LogP) is 1.45. The summed E-state index contributed by atoms with van der Waals surface area (Å²) in [5.41, 5.74) is 0. The highest BCUT2D eigenvalue weighted by molar-refractivity contribution is 6.65. The molecule has 5 heteroatoms. The zero-order valence-electron chi connectivity index (χ0n) is 10.2. The third-order valence-corrected chi connectivity index (χ3v) is 5.29. The third-order valence-electron chi connectivity index (χ3n) is 2.41. The van der Waals surface area contributed by atoms with Crippen LogP contribution in [0.1, 0.15) is 26.2 Å². The third kappa shape index (κ3) is 7.93. The number of rotatable bonds is 10. The molecule has 0 radical (unpaired) electrons. The standard InChI is InChI=1S/C10H25NO3Si/c1-4-5-7-11-10-14-15(3,13-2)9-6-8-12/h11-12H,4-10H2,1-3H3. The smallest absolute Gasteiger partial charge is 0.335 e. The maximum atomic E-state index is 8.76. The summed E-state index contributed by atoms with van der Waals surface area (Å²) in [5.74, 6) is 0. The molecular formula is C10H25NO3Si. The molecule has 0 aromatic carbocycles. The number of unbranched alkanes of at least 4 members (excludes halogenated alkanes) is 1. The summed E-state index contributed by atoms with van der Waals surface area (Å²) in [5, 5.41) is 12.0. The first kappa shape index (κ1) is 15.1. The largest absolute Gasteiger partial charge is 0.398 e. The summed E-state index contributed by atoms with van der Waals surface area (Å²) in [6.45, 7) is 5.95. The molecule has 2 N–H and O–H groups in total. The first-order valence-electron chi connectivity index (χ1n) is 5.69. The number of nitrogens with one attached hydrogen (secondary N) is 1. The molecule has 0 aliphatic heterocycles. The molecule has 0 saturated heterocycles. The van der Waals surface area contributed by atoms with Crippen LogP contribution in [-0.2, 0) is 8.85 Å². The van der Waals surface area contributed by atoms with Crippen molar-refractivity contribution < 1.29 is 14.0 Å². The van der Waals surface area contributed by atoms with Crippen molar-refractivity contribution in [1.29, 1.82) is 0 Å². The fourth-order valence-electron chi connectivity index (χ4n) is 1.21. The topological polar surface area (TPSA) is 50.7 Å². The molecule has 0 heterocycles. The Labute approximate surface area is 94.2 Å². The maximum Gasteiger partial charge on any atom is 0.335 e. The van der Waals surface area contributed by atoms with E-state index in [1.807, 2.05) is 6.55 Å². The van der Waals surface area contributed by atoms with Crippen molar-refractivity contribution in [3.8, 4) is 0 Å². The molecule has 0 aromatic rings. The SMILES string of the molecule is CCCCNCO[Si](C)(CCCO)OC. The quantitative estimate of drug-likeness (QED) is 0.342. The molecule has 0 amide bonds. The van der Waals surface area contributed by atoms with Gasteiger partial charge in [-0.3, -0.25) is 5.32 Å². The van der Waals surface area contributed by atoms with Crippen molar-refractivity contribution in [2.24, 2.45) is 0 Å². The van der Waals surface area contributed by atoms with Gasteiger partial charge in [-0.2, -0.15) is 0 Å². The summed E-state index contributed by atoms with van der Waals surface area (Å²) >= 11 is 0. The lowest BCUT2D eigenvalue weighted by atomic mass is 10.3. The number of hydrogen-bond acceptors (Lipinski definition) is 4. The number of aliphatic hydroxyl groups is 1. The lowest BCUT2D eigenvalue weighted by Crippen LogP contribution is -2.40. The van der Waals surface area contributed by atoms with E-state index in [1.54, 1.807) is 7.11 Å². The molecule has 15 heavy (non-hydrogen) atoms. The average Bonchev–Trinajstić information content (AvgIpc) is 2.26. The van der Waals surface area contributed by atoms with Gasteiger partial charge in [0, 0.05) is 13.7 Å². The molecule has 4 nitrogen and oxygen atoms in total. The van der Waals surface area contributed by atoms with Crippen LogP contribution in [0.2, 0.25) is 12.6 Å². The van der Waals surface area contributed by atoms with Gasteiger partial charge in [-0.25, -0.2) is 0 Å². The summed E-state index contributed by atoms with van der Waals surface area (Å²) in [6, 6.07) is 0.843. The number of aliphatic hydroxyl groups excluding tert-OH is 1. The molecule has 0 rings (SSSR count). The van der Waals surface area contributed by atoms with E-state index in [4.69, 9.17) is 14.0 Å². The van der Waals surface area contributed by atoms with Crippen LogP contribution >= 0.6 is 0 Å². The van der Waals surface area contributed by atoms with Crippen LogP contribution in [0.25, 0.3) is 0 Å². The molecule has 0 spiro atoms. The number of hydrogen-bond donors (Lipinski definition) is 2. The molecule has 0 aromatic heterocycles. The Bertz CT molecular complexity index is 149. The van der Waals surface area contributed by atoms with E-state index in [0.717, 1.165) is 19.0 Å². The monoisotopic (exact) mass is 235 g/mol. The molecule has 0 aliphatic rings. The minimum atomic E-state index is -2.03. The lowest BCUT2D eigenvalue weighted by molar-refractivity contribution is 0.183. The summed E-state index contributed by atoms with van der Waals surface area (Å²) < 4.78 is 11.1. The Morgan fingerprint density at radius 2 is 2.07 bits per heavy atom. The van der Waals surface area contributed by atoms with Crippen molar-refractivity contribution in [3.63, 3.8) is 0 Å². The van der Waals surface area contributed by atoms with Crippen LogP contribution in [-0.4, -0.2) is 40.7 Å². The zero-order chi connectivity index (χ0) is 11.6. The maximum absolute atomic E-state index is 8.76. The predicted molar refractivity (Wildman–Crippen MR) is 64.0 cm³/mol. The summed E-state index contributed by atoms with van der Waals surface area (Å²) in [6.07, 6.45) is 3.12. The fourth-order valence-corrected chi connectivity index (χ4v) is 2.89. The summed E-state index contributed by atoms with van der Waals surface area (Å²) in [4.78, 5) is 0. The van der Waals surface area contributed by atoms with Crippen molar-refractivity contribution in [2.45, 2.75) is 38.8 Å². The van der Waals surface area contributed by atoms with Gasteiger partial charge in [0.05, 0.1) is 6.73 Å². The van der Waals surface area contributed by atoms with E-state index in [9.17, 15) is 0 Å². The van der Waals surface area contributed by atoms with Gasteiger partial charge >= 0.3 is 8.56 Å². The Hall–Kier alpha value is 0.0569. The van der Waals surface area contributed by atoms with Crippen LogP contribution in [0.3, 0.4) is 0 Å². The van der Waals surface area contributed by atoms with Crippen LogP contribution in [0.4, 0.5) is 0 Å². The van der Waals surface area contributed by atoms with Crippen LogP contribution in [0.5, 0.6) is 0 Å². The van der Waals surface area contributed by atoms with Crippen molar-refractivity contribution >= 4 is 8.56 Å². The lowest BCUT2D eigenvalue weighted by Gasteiger charge is -2.25. The Balaban J connectivity index is 3.58. The highest BCUT2D eigenvalue weighted by Gasteiger charge is 2.29. The molecule has 92 valence electrons. The van der Waals surface area contributed by atoms with E-state index < -0.39 is 8.56 Å². The second kappa shape index (κ2) is 9.29. The Morgan fingerprint density at radius 3 is 2.60 bits per heavy atom. The van der Waals surface area contributed by atoms with Gasteiger partial charge in [-0.05, 0) is 32.0 Å².